The maximum Gasteiger partial charge on any atom is 0.340 e. The zero-order valence-corrected chi connectivity index (χ0v) is 19.6. The van der Waals surface area contributed by atoms with Crippen molar-refractivity contribution in [2.24, 2.45) is 5.92 Å². The minimum atomic E-state index is -0.439. The number of benzene rings is 1. The van der Waals surface area contributed by atoms with Gasteiger partial charge in [0.05, 0.1) is 21.7 Å². The van der Waals surface area contributed by atoms with E-state index < -0.39 is 5.97 Å². The van der Waals surface area contributed by atoms with Crippen molar-refractivity contribution in [1.29, 1.82) is 0 Å². The van der Waals surface area contributed by atoms with Crippen molar-refractivity contribution in [2.75, 3.05) is 13.1 Å². The second-order valence-electron chi connectivity index (χ2n) is 8.14. The monoisotopic (exact) mass is 464 g/mol. The number of piperidine rings is 1. The minimum Gasteiger partial charge on any atom is -0.459 e. The third kappa shape index (κ3) is 4.96. The van der Waals surface area contributed by atoms with Gasteiger partial charge in [-0.15, -0.1) is 0 Å². The predicted molar refractivity (Wildman–Crippen MR) is 120 cm³/mol. The van der Waals surface area contributed by atoms with Gasteiger partial charge in [0.2, 0.25) is 0 Å². The average Bonchev–Trinajstić information content (AvgIpc) is 3.02. The SMILES string of the molecule is Cc1[nH]c(C(=O)N2CCC(C(=O)c3ccc(Cl)c(Cl)c3)CC2)c(C)c1C(=O)OC(C)C. The Balaban J connectivity index is 1.68. The summed E-state index contributed by atoms with van der Waals surface area (Å²) in [6.07, 6.45) is 0.880. The normalized spacial score (nSPS) is 14.7. The van der Waals surface area contributed by atoms with Gasteiger partial charge in [-0.05, 0) is 64.3 Å². The Bertz CT molecular complexity index is 1020. The highest BCUT2D eigenvalue weighted by atomic mass is 35.5. The Morgan fingerprint density at radius 1 is 1.10 bits per heavy atom. The number of nitrogens with zero attached hydrogens (tertiary/aromatic N) is 1. The van der Waals surface area contributed by atoms with Gasteiger partial charge in [-0.3, -0.25) is 9.59 Å². The fourth-order valence-corrected chi connectivity index (χ4v) is 4.23. The van der Waals surface area contributed by atoms with E-state index in [1.807, 2.05) is 0 Å². The van der Waals surface area contributed by atoms with E-state index in [1.165, 1.54) is 0 Å². The van der Waals surface area contributed by atoms with Gasteiger partial charge in [0.1, 0.15) is 5.69 Å². The Morgan fingerprint density at radius 2 is 1.74 bits per heavy atom. The van der Waals surface area contributed by atoms with E-state index in [0.717, 1.165) is 0 Å². The average molecular weight is 465 g/mol. The number of carbonyl (C=O) groups is 3. The molecule has 1 aromatic carbocycles. The van der Waals surface area contributed by atoms with Gasteiger partial charge in [0, 0.05) is 30.3 Å². The van der Waals surface area contributed by atoms with Gasteiger partial charge >= 0.3 is 5.97 Å². The molecule has 3 rings (SSSR count). The molecule has 1 amide bonds. The summed E-state index contributed by atoms with van der Waals surface area (Å²) in [4.78, 5) is 43.0. The van der Waals surface area contributed by atoms with E-state index in [4.69, 9.17) is 27.9 Å². The Kier molecular flexibility index (Phi) is 7.12. The Labute approximate surface area is 191 Å². The van der Waals surface area contributed by atoms with E-state index in [0.29, 0.717) is 64.1 Å². The lowest BCUT2D eigenvalue weighted by atomic mass is 9.88. The summed E-state index contributed by atoms with van der Waals surface area (Å²) in [6, 6.07) is 4.89. The molecule has 166 valence electrons. The number of halogens is 2. The molecule has 1 aliphatic heterocycles. The molecule has 2 aromatic rings. The largest absolute Gasteiger partial charge is 0.459 e. The lowest BCUT2D eigenvalue weighted by Gasteiger charge is -2.31. The molecule has 0 atom stereocenters. The molecule has 1 aromatic heterocycles. The smallest absolute Gasteiger partial charge is 0.340 e. The number of H-pyrrole nitrogens is 1. The molecule has 0 saturated carbocycles. The van der Waals surface area contributed by atoms with E-state index in [-0.39, 0.29) is 23.7 Å². The van der Waals surface area contributed by atoms with Gasteiger partial charge in [0.15, 0.2) is 5.78 Å². The predicted octanol–water partition coefficient (Wildman–Crippen LogP) is 5.24. The van der Waals surface area contributed by atoms with Gasteiger partial charge < -0.3 is 14.6 Å². The number of hydrogen-bond acceptors (Lipinski definition) is 4. The van der Waals surface area contributed by atoms with Crippen LogP contribution in [0.1, 0.15) is 69.2 Å². The summed E-state index contributed by atoms with van der Waals surface area (Å²) in [6.45, 7) is 7.98. The van der Waals surface area contributed by atoms with E-state index in [2.05, 4.69) is 4.98 Å². The number of hydrogen-bond donors (Lipinski definition) is 1. The topological polar surface area (TPSA) is 79.5 Å². The first-order valence-electron chi connectivity index (χ1n) is 10.3. The number of rotatable bonds is 5. The summed E-state index contributed by atoms with van der Waals surface area (Å²) in [5.41, 5.74) is 2.52. The Morgan fingerprint density at radius 3 is 2.32 bits per heavy atom. The van der Waals surface area contributed by atoms with Crippen LogP contribution in [-0.4, -0.2) is 46.7 Å². The van der Waals surface area contributed by atoms with Crippen LogP contribution in [-0.2, 0) is 4.74 Å². The molecule has 0 aliphatic carbocycles. The first kappa shape index (κ1) is 23.4. The maximum absolute atomic E-state index is 13.1. The number of amides is 1. The molecule has 8 heteroatoms. The molecule has 0 radical (unpaired) electrons. The third-order valence-electron chi connectivity index (χ3n) is 5.56. The summed E-state index contributed by atoms with van der Waals surface area (Å²) in [5, 5.41) is 0.761. The lowest BCUT2D eigenvalue weighted by molar-refractivity contribution is 0.0376. The number of nitrogens with one attached hydrogen (secondary N) is 1. The van der Waals surface area contributed by atoms with E-state index >= 15 is 0 Å². The molecule has 2 heterocycles. The number of aryl methyl sites for hydroxylation is 1. The molecule has 1 fully saturated rings. The molecule has 1 saturated heterocycles. The van der Waals surface area contributed by atoms with Crippen molar-refractivity contribution in [2.45, 2.75) is 46.6 Å². The second kappa shape index (κ2) is 9.45. The van der Waals surface area contributed by atoms with Crippen molar-refractivity contribution in [3.8, 4) is 0 Å². The molecule has 0 spiro atoms. The molecule has 0 bridgehead atoms. The van der Waals surface area contributed by atoms with Crippen LogP contribution < -0.4 is 0 Å². The first-order valence-corrected chi connectivity index (χ1v) is 11.0. The molecule has 0 unspecified atom stereocenters. The number of ketones is 1. The first-order chi connectivity index (χ1) is 14.6. The standard InChI is InChI=1S/C23H26Cl2N2O4/c1-12(2)31-23(30)19-13(3)20(26-14(19)4)22(29)27-9-7-15(8-10-27)21(28)16-5-6-17(24)18(25)11-16/h5-6,11-12,15,26H,7-10H2,1-4H3. The number of ether oxygens (including phenoxy) is 1. The number of esters is 1. The minimum absolute atomic E-state index is 0.0104. The summed E-state index contributed by atoms with van der Waals surface area (Å²) >= 11 is 12.0. The molecular formula is C23H26Cl2N2O4. The number of aromatic amines is 1. The van der Waals surface area contributed by atoms with Crippen molar-refractivity contribution < 1.29 is 19.1 Å². The quantitative estimate of drug-likeness (QED) is 0.484. The van der Waals surface area contributed by atoms with E-state index in [1.54, 1.807) is 50.8 Å². The molecule has 31 heavy (non-hydrogen) atoms. The van der Waals surface area contributed by atoms with Gasteiger partial charge in [-0.1, -0.05) is 23.2 Å². The summed E-state index contributed by atoms with van der Waals surface area (Å²) < 4.78 is 5.30. The second-order valence-corrected chi connectivity index (χ2v) is 8.95. The van der Waals surface area contributed by atoms with Gasteiger partial charge in [-0.25, -0.2) is 4.79 Å². The maximum atomic E-state index is 13.1. The highest BCUT2D eigenvalue weighted by molar-refractivity contribution is 6.42. The zero-order valence-electron chi connectivity index (χ0n) is 18.1. The van der Waals surface area contributed by atoms with Crippen molar-refractivity contribution in [3.63, 3.8) is 0 Å². The fourth-order valence-electron chi connectivity index (χ4n) is 3.93. The van der Waals surface area contributed by atoms with Gasteiger partial charge in [0.25, 0.3) is 5.91 Å². The molecular weight excluding hydrogens is 439 g/mol. The highest BCUT2D eigenvalue weighted by Gasteiger charge is 2.31. The highest BCUT2D eigenvalue weighted by Crippen LogP contribution is 2.28. The number of Topliss-reactive ketones (excluding diaryl/α,β-unsaturated/α-hetero) is 1. The molecule has 6 nitrogen and oxygen atoms in total. The molecule has 1 aliphatic rings. The Hall–Kier alpha value is -2.31. The van der Waals surface area contributed by atoms with Crippen LogP contribution in [0.4, 0.5) is 0 Å². The van der Waals surface area contributed by atoms with Crippen LogP contribution in [0.5, 0.6) is 0 Å². The summed E-state index contributed by atoms with van der Waals surface area (Å²) in [7, 11) is 0. The van der Waals surface area contributed by atoms with Crippen molar-refractivity contribution >= 4 is 40.9 Å². The number of likely N-dealkylation sites (tertiary alicyclic amines) is 1. The summed E-state index contributed by atoms with van der Waals surface area (Å²) in [5.74, 6) is -0.781. The van der Waals surface area contributed by atoms with Crippen LogP contribution in [0.15, 0.2) is 18.2 Å². The van der Waals surface area contributed by atoms with Crippen molar-refractivity contribution in [3.05, 3.63) is 56.3 Å². The van der Waals surface area contributed by atoms with Crippen LogP contribution in [0.25, 0.3) is 0 Å². The van der Waals surface area contributed by atoms with Gasteiger partial charge in [-0.2, -0.15) is 0 Å². The molecule has 1 N–H and O–H groups in total. The van der Waals surface area contributed by atoms with Crippen LogP contribution in [0.3, 0.4) is 0 Å². The van der Waals surface area contributed by atoms with E-state index in [9.17, 15) is 14.4 Å². The fraction of sp³-hybridized carbons (Fsp3) is 0.435. The van der Waals surface area contributed by atoms with Crippen LogP contribution in [0, 0.1) is 19.8 Å². The lowest BCUT2D eigenvalue weighted by Crippen LogP contribution is -2.40. The van der Waals surface area contributed by atoms with Crippen LogP contribution >= 0.6 is 23.2 Å². The third-order valence-corrected chi connectivity index (χ3v) is 6.29. The number of aromatic nitrogens is 1. The van der Waals surface area contributed by atoms with Crippen molar-refractivity contribution in [1.82, 2.24) is 9.88 Å². The number of carbonyl (C=O) groups excluding carboxylic acids is 3. The zero-order chi connectivity index (χ0) is 22.9. The van der Waals surface area contributed by atoms with Crippen LogP contribution in [0.2, 0.25) is 10.0 Å².